The minimum atomic E-state index is 0.878. The van der Waals surface area contributed by atoms with E-state index in [1.54, 1.807) is 0 Å². The van der Waals surface area contributed by atoms with Gasteiger partial charge in [0, 0.05) is 17.3 Å². The van der Waals surface area contributed by atoms with Crippen molar-refractivity contribution in [2.24, 2.45) is 0 Å². The number of pyridine rings is 1. The standard InChI is InChI=1S/C18H19N3/c1-13-20-16-9-2-3-10-17(16)21(13)12-15-7-4-6-14-8-5-11-19-18(14)15/h4-8,11H,2-3,9-10,12H2,1H3. The Bertz CT molecular complexity index is 796. The third-order valence-corrected chi connectivity index (χ3v) is 4.47. The monoisotopic (exact) mass is 277 g/mol. The Hall–Kier alpha value is -2.16. The zero-order valence-electron chi connectivity index (χ0n) is 12.3. The highest BCUT2D eigenvalue weighted by molar-refractivity contribution is 5.81. The van der Waals surface area contributed by atoms with Gasteiger partial charge < -0.3 is 4.57 Å². The summed E-state index contributed by atoms with van der Waals surface area (Å²) >= 11 is 0. The van der Waals surface area contributed by atoms with Crippen molar-refractivity contribution >= 4 is 10.9 Å². The molecule has 0 N–H and O–H groups in total. The smallest absolute Gasteiger partial charge is 0.106 e. The summed E-state index contributed by atoms with van der Waals surface area (Å²) < 4.78 is 2.39. The molecule has 3 aromatic rings. The fourth-order valence-electron chi connectivity index (χ4n) is 3.41. The van der Waals surface area contributed by atoms with Crippen molar-refractivity contribution in [3.8, 4) is 0 Å². The molecule has 21 heavy (non-hydrogen) atoms. The summed E-state index contributed by atoms with van der Waals surface area (Å²) in [5, 5.41) is 1.21. The fourth-order valence-corrected chi connectivity index (χ4v) is 3.41. The summed E-state index contributed by atoms with van der Waals surface area (Å²) in [6.45, 7) is 3.00. The van der Waals surface area contributed by atoms with Crippen molar-refractivity contribution in [1.82, 2.24) is 14.5 Å². The van der Waals surface area contributed by atoms with E-state index in [1.165, 1.54) is 35.2 Å². The van der Waals surface area contributed by atoms with Crippen molar-refractivity contribution in [2.45, 2.75) is 39.2 Å². The zero-order valence-corrected chi connectivity index (χ0v) is 12.3. The molecule has 106 valence electrons. The number of aromatic nitrogens is 3. The van der Waals surface area contributed by atoms with Crippen molar-refractivity contribution in [3.05, 3.63) is 59.3 Å². The molecule has 2 heterocycles. The molecule has 0 saturated heterocycles. The second-order valence-electron chi connectivity index (χ2n) is 5.84. The van der Waals surface area contributed by atoms with E-state index in [2.05, 4.69) is 40.7 Å². The van der Waals surface area contributed by atoms with E-state index in [4.69, 9.17) is 4.98 Å². The first kappa shape index (κ1) is 12.6. The molecule has 0 amide bonds. The summed E-state index contributed by atoms with van der Waals surface area (Å²) in [6, 6.07) is 10.6. The number of hydrogen-bond acceptors (Lipinski definition) is 2. The molecular weight excluding hydrogens is 258 g/mol. The highest BCUT2D eigenvalue weighted by atomic mass is 15.1. The van der Waals surface area contributed by atoms with Gasteiger partial charge in [-0.2, -0.15) is 0 Å². The third-order valence-electron chi connectivity index (χ3n) is 4.47. The maximum absolute atomic E-state index is 4.77. The summed E-state index contributed by atoms with van der Waals surface area (Å²) in [6.07, 6.45) is 6.73. The van der Waals surface area contributed by atoms with Crippen molar-refractivity contribution in [3.63, 3.8) is 0 Å². The van der Waals surface area contributed by atoms with Gasteiger partial charge in [-0.05, 0) is 44.2 Å². The summed E-state index contributed by atoms with van der Waals surface area (Å²) in [7, 11) is 0. The fraction of sp³-hybridized carbons (Fsp3) is 0.333. The van der Waals surface area contributed by atoms with Gasteiger partial charge in [0.15, 0.2) is 0 Å². The maximum atomic E-state index is 4.77. The van der Waals surface area contributed by atoms with Gasteiger partial charge in [0.2, 0.25) is 0 Å². The molecule has 0 spiro atoms. The number of nitrogens with zero attached hydrogens (tertiary/aromatic N) is 3. The maximum Gasteiger partial charge on any atom is 0.106 e. The minimum Gasteiger partial charge on any atom is -0.327 e. The molecule has 3 nitrogen and oxygen atoms in total. The van der Waals surface area contributed by atoms with Gasteiger partial charge in [0.25, 0.3) is 0 Å². The van der Waals surface area contributed by atoms with Crippen LogP contribution in [0.25, 0.3) is 10.9 Å². The van der Waals surface area contributed by atoms with Crippen LogP contribution >= 0.6 is 0 Å². The van der Waals surface area contributed by atoms with Crippen molar-refractivity contribution in [1.29, 1.82) is 0 Å². The highest BCUT2D eigenvalue weighted by Gasteiger charge is 2.18. The Kier molecular flexibility index (Phi) is 2.99. The van der Waals surface area contributed by atoms with Gasteiger partial charge in [0.1, 0.15) is 5.82 Å². The Balaban J connectivity index is 1.80. The SMILES string of the molecule is Cc1nc2c(n1Cc1cccc3cccnc13)CCCC2. The average molecular weight is 277 g/mol. The topological polar surface area (TPSA) is 30.7 Å². The van der Waals surface area contributed by atoms with E-state index in [1.807, 2.05) is 12.3 Å². The van der Waals surface area contributed by atoms with Crippen LogP contribution in [0, 0.1) is 6.92 Å². The van der Waals surface area contributed by atoms with Crippen LogP contribution in [0.2, 0.25) is 0 Å². The van der Waals surface area contributed by atoms with E-state index in [9.17, 15) is 0 Å². The van der Waals surface area contributed by atoms with E-state index < -0.39 is 0 Å². The Morgan fingerprint density at radius 2 is 1.95 bits per heavy atom. The number of imidazole rings is 1. The molecular formula is C18H19N3. The average Bonchev–Trinajstić information content (AvgIpc) is 2.84. The number of aryl methyl sites for hydroxylation is 2. The van der Waals surface area contributed by atoms with E-state index in [0.29, 0.717) is 0 Å². The van der Waals surface area contributed by atoms with E-state index in [-0.39, 0.29) is 0 Å². The molecule has 0 saturated carbocycles. The Morgan fingerprint density at radius 1 is 1.10 bits per heavy atom. The lowest BCUT2D eigenvalue weighted by Gasteiger charge is -2.15. The quantitative estimate of drug-likeness (QED) is 0.715. The molecule has 0 bridgehead atoms. The lowest BCUT2D eigenvalue weighted by atomic mass is 10.0. The van der Waals surface area contributed by atoms with Crippen LogP contribution in [-0.2, 0) is 19.4 Å². The van der Waals surface area contributed by atoms with Gasteiger partial charge in [-0.25, -0.2) is 4.98 Å². The number of hydrogen-bond donors (Lipinski definition) is 0. The molecule has 1 aliphatic carbocycles. The molecule has 0 fully saturated rings. The van der Waals surface area contributed by atoms with Crippen LogP contribution in [0.15, 0.2) is 36.5 Å². The Morgan fingerprint density at radius 3 is 2.90 bits per heavy atom. The van der Waals surface area contributed by atoms with E-state index >= 15 is 0 Å². The van der Waals surface area contributed by atoms with Gasteiger partial charge in [-0.3, -0.25) is 4.98 Å². The van der Waals surface area contributed by atoms with Crippen LogP contribution in [-0.4, -0.2) is 14.5 Å². The number of rotatable bonds is 2. The van der Waals surface area contributed by atoms with Crippen LogP contribution in [0.1, 0.15) is 35.6 Å². The van der Waals surface area contributed by atoms with Gasteiger partial charge in [-0.15, -0.1) is 0 Å². The van der Waals surface area contributed by atoms with Gasteiger partial charge in [0.05, 0.1) is 17.8 Å². The zero-order chi connectivity index (χ0) is 14.2. The largest absolute Gasteiger partial charge is 0.327 e. The molecule has 3 heteroatoms. The second kappa shape index (κ2) is 4.99. The normalized spacial score (nSPS) is 14.3. The molecule has 1 aromatic carbocycles. The first-order valence-corrected chi connectivity index (χ1v) is 7.70. The Labute approximate surface area is 124 Å². The second-order valence-corrected chi connectivity index (χ2v) is 5.84. The summed E-state index contributed by atoms with van der Waals surface area (Å²) in [5.74, 6) is 1.13. The lowest BCUT2D eigenvalue weighted by molar-refractivity contribution is 0.625. The van der Waals surface area contributed by atoms with Crippen LogP contribution in [0.3, 0.4) is 0 Å². The molecule has 0 atom stereocenters. The van der Waals surface area contributed by atoms with Crippen molar-refractivity contribution < 1.29 is 0 Å². The lowest BCUT2D eigenvalue weighted by Crippen LogP contribution is -2.10. The minimum absolute atomic E-state index is 0.878. The molecule has 1 aliphatic rings. The van der Waals surface area contributed by atoms with Gasteiger partial charge >= 0.3 is 0 Å². The first-order valence-electron chi connectivity index (χ1n) is 7.70. The van der Waals surface area contributed by atoms with E-state index in [0.717, 1.165) is 30.7 Å². The third kappa shape index (κ3) is 2.13. The first-order chi connectivity index (χ1) is 10.3. The number of para-hydroxylation sites is 1. The number of benzene rings is 1. The van der Waals surface area contributed by atoms with Gasteiger partial charge in [-0.1, -0.05) is 24.3 Å². The predicted molar refractivity (Wildman–Crippen MR) is 84.5 cm³/mol. The molecule has 0 unspecified atom stereocenters. The number of fused-ring (bicyclic) bond motifs is 2. The van der Waals surface area contributed by atoms with Crippen LogP contribution in [0.4, 0.5) is 0 Å². The van der Waals surface area contributed by atoms with Crippen molar-refractivity contribution in [2.75, 3.05) is 0 Å². The predicted octanol–water partition coefficient (Wildman–Crippen LogP) is 3.67. The molecule has 0 aliphatic heterocycles. The molecule has 0 radical (unpaired) electrons. The van der Waals surface area contributed by atoms with Crippen LogP contribution < -0.4 is 0 Å². The molecule has 4 rings (SSSR count). The summed E-state index contributed by atoms with van der Waals surface area (Å²) in [4.78, 5) is 9.34. The van der Waals surface area contributed by atoms with Crippen LogP contribution in [0.5, 0.6) is 0 Å². The summed E-state index contributed by atoms with van der Waals surface area (Å²) in [5.41, 5.74) is 5.14. The molecule has 2 aromatic heterocycles. The highest BCUT2D eigenvalue weighted by Crippen LogP contribution is 2.24.